The van der Waals surface area contributed by atoms with Gasteiger partial charge in [0.25, 0.3) is 0 Å². The lowest BCUT2D eigenvalue weighted by atomic mass is 10.1. The van der Waals surface area contributed by atoms with Crippen LogP contribution in [-0.2, 0) is 6.54 Å². The Bertz CT molecular complexity index is 791. The van der Waals surface area contributed by atoms with Gasteiger partial charge in [0.05, 0.1) is 17.9 Å². The molecule has 30 heavy (non-hydrogen) atoms. The minimum absolute atomic E-state index is 0.379. The number of nitrogens with zero attached hydrogens (tertiary/aromatic N) is 4. The van der Waals surface area contributed by atoms with Crippen LogP contribution in [0.5, 0.6) is 0 Å². The number of para-hydroxylation sites is 1. The molecule has 1 atom stereocenters. The highest BCUT2D eigenvalue weighted by atomic mass is 15.3. The maximum atomic E-state index is 4.86. The lowest BCUT2D eigenvalue weighted by molar-refractivity contribution is 0.292. The van der Waals surface area contributed by atoms with Gasteiger partial charge in [-0.3, -0.25) is 0 Å². The molecule has 1 aromatic heterocycles. The van der Waals surface area contributed by atoms with Crippen LogP contribution < -0.4 is 10.6 Å². The van der Waals surface area contributed by atoms with Gasteiger partial charge in [-0.25, -0.2) is 9.67 Å². The SMILES string of the molecule is CCNC(=NCc1ccccc1-n1nc(C)cc1C)NC(C)CCCN(CC)CC. The third kappa shape index (κ3) is 7.17. The first kappa shape index (κ1) is 23.9. The number of hydrogen-bond acceptors (Lipinski definition) is 3. The van der Waals surface area contributed by atoms with E-state index in [9.17, 15) is 0 Å². The first-order valence-electron chi connectivity index (χ1n) is 11.4. The second-order valence-electron chi connectivity index (χ2n) is 7.88. The molecule has 2 rings (SSSR count). The largest absolute Gasteiger partial charge is 0.357 e. The Labute approximate surface area is 182 Å². The summed E-state index contributed by atoms with van der Waals surface area (Å²) < 4.78 is 2.01. The summed E-state index contributed by atoms with van der Waals surface area (Å²) in [5.41, 5.74) is 4.42. The highest BCUT2D eigenvalue weighted by Crippen LogP contribution is 2.17. The van der Waals surface area contributed by atoms with Crippen LogP contribution in [0.15, 0.2) is 35.3 Å². The van der Waals surface area contributed by atoms with E-state index < -0.39 is 0 Å². The Hall–Kier alpha value is -2.34. The molecule has 6 nitrogen and oxygen atoms in total. The first-order chi connectivity index (χ1) is 14.5. The summed E-state index contributed by atoms with van der Waals surface area (Å²) in [6.07, 6.45) is 2.32. The molecule has 6 heteroatoms. The Balaban J connectivity index is 2.04. The van der Waals surface area contributed by atoms with Crippen LogP contribution in [0.25, 0.3) is 5.69 Å². The Morgan fingerprint density at radius 3 is 2.53 bits per heavy atom. The van der Waals surface area contributed by atoms with Crippen LogP contribution >= 0.6 is 0 Å². The van der Waals surface area contributed by atoms with Gasteiger partial charge in [0.2, 0.25) is 0 Å². The fourth-order valence-corrected chi connectivity index (χ4v) is 3.67. The molecule has 0 aliphatic rings. The van der Waals surface area contributed by atoms with Crippen molar-refractivity contribution < 1.29 is 0 Å². The van der Waals surface area contributed by atoms with Crippen LogP contribution in [0.4, 0.5) is 0 Å². The quantitative estimate of drug-likeness (QED) is 0.432. The van der Waals surface area contributed by atoms with Crippen LogP contribution in [0.1, 0.15) is 57.5 Å². The molecule has 2 aromatic rings. The average molecular weight is 413 g/mol. The van der Waals surface area contributed by atoms with E-state index in [1.54, 1.807) is 0 Å². The summed E-state index contributed by atoms with van der Waals surface area (Å²) in [4.78, 5) is 7.34. The highest BCUT2D eigenvalue weighted by Gasteiger charge is 2.10. The number of guanidine groups is 1. The Kier molecular flexibility index (Phi) is 9.87. The lowest BCUT2D eigenvalue weighted by Gasteiger charge is -2.21. The van der Waals surface area contributed by atoms with E-state index in [2.05, 4.69) is 85.6 Å². The van der Waals surface area contributed by atoms with Crippen molar-refractivity contribution in [3.63, 3.8) is 0 Å². The molecule has 1 unspecified atom stereocenters. The maximum Gasteiger partial charge on any atom is 0.191 e. The highest BCUT2D eigenvalue weighted by molar-refractivity contribution is 5.80. The molecule has 166 valence electrons. The molecule has 0 saturated heterocycles. The maximum absolute atomic E-state index is 4.86. The number of benzene rings is 1. The van der Waals surface area contributed by atoms with Crippen molar-refractivity contribution in [2.75, 3.05) is 26.2 Å². The molecule has 1 aromatic carbocycles. The molecule has 0 aliphatic heterocycles. The smallest absolute Gasteiger partial charge is 0.191 e. The minimum Gasteiger partial charge on any atom is -0.357 e. The zero-order valence-electron chi connectivity index (χ0n) is 19.7. The third-order valence-electron chi connectivity index (χ3n) is 5.37. The fraction of sp³-hybridized carbons (Fsp3) is 0.583. The van der Waals surface area contributed by atoms with Crippen molar-refractivity contribution in [3.8, 4) is 5.69 Å². The van der Waals surface area contributed by atoms with Gasteiger partial charge in [-0.2, -0.15) is 5.10 Å². The molecule has 2 N–H and O–H groups in total. The predicted molar refractivity (Wildman–Crippen MR) is 127 cm³/mol. The number of aromatic nitrogens is 2. The van der Waals surface area contributed by atoms with Gasteiger partial charge in [-0.15, -0.1) is 0 Å². The van der Waals surface area contributed by atoms with Crippen molar-refractivity contribution in [2.24, 2.45) is 4.99 Å². The van der Waals surface area contributed by atoms with Gasteiger partial charge in [0.15, 0.2) is 5.96 Å². The molecule has 1 heterocycles. The standard InChI is InChI=1S/C24H40N6/c1-7-25-24(27-19(4)13-12-16-29(8-2)9-3)26-18-22-14-10-11-15-23(22)30-21(6)17-20(5)28-30/h10-11,14-15,17,19H,7-9,12-13,16,18H2,1-6H3,(H2,25,26,27). The summed E-state index contributed by atoms with van der Waals surface area (Å²) in [7, 11) is 0. The van der Waals surface area contributed by atoms with Gasteiger partial charge in [0.1, 0.15) is 0 Å². The van der Waals surface area contributed by atoms with Crippen molar-refractivity contribution in [2.45, 2.75) is 67.0 Å². The summed E-state index contributed by atoms with van der Waals surface area (Å²) in [5.74, 6) is 0.871. The summed E-state index contributed by atoms with van der Waals surface area (Å²) >= 11 is 0. The molecule has 0 radical (unpaired) electrons. The zero-order chi connectivity index (χ0) is 21.9. The Morgan fingerprint density at radius 1 is 1.17 bits per heavy atom. The molecular formula is C24H40N6. The average Bonchev–Trinajstić information content (AvgIpc) is 3.07. The number of nitrogens with one attached hydrogen (secondary N) is 2. The topological polar surface area (TPSA) is 57.5 Å². The number of hydrogen-bond donors (Lipinski definition) is 2. The van der Waals surface area contributed by atoms with Gasteiger partial charge in [0, 0.05) is 18.3 Å². The van der Waals surface area contributed by atoms with Gasteiger partial charge < -0.3 is 15.5 Å². The molecule has 0 aliphatic carbocycles. The number of aliphatic imine (C=N–C) groups is 1. The third-order valence-corrected chi connectivity index (χ3v) is 5.37. The van der Waals surface area contributed by atoms with Crippen molar-refractivity contribution in [1.82, 2.24) is 25.3 Å². The van der Waals surface area contributed by atoms with Crippen LogP contribution in [-0.4, -0.2) is 52.9 Å². The second kappa shape index (κ2) is 12.4. The molecule has 0 amide bonds. The van der Waals surface area contributed by atoms with Crippen molar-refractivity contribution in [3.05, 3.63) is 47.3 Å². The summed E-state index contributed by atoms with van der Waals surface area (Å²) in [5, 5.41) is 11.6. The van der Waals surface area contributed by atoms with Crippen molar-refractivity contribution in [1.29, 1.82) is 0 Å². The van der Waals surface area contributed by atoms with E-state index in [4.69, 9.17) is 4.99 Å². The van der Waals surface area contributed by atoms with Gasteiger partial charge in [-0.05, 0) is 77.9 Å². The molecule has 0 spiro atoms. The van der Waals surface area contributed by atoms with Crippen LogP contribution in [0, 0.1) is 13.8 Å². The summed E-state index contributed by atoms with van der Waals surface area (Å²) in [6.45, 7) is 17.8. The van der Waals surface area contributed by atoms with Gasteiger partial charge >= 0.3 is 0 Å². The lowest BCUT2D eigenvalue weighted by Crippen LogP contribution is -2.42. The van der Waals surface area contributed by atoms with E-state index in [0.717, 1.165) is 61.2 Å². The van der Waals surface area contributed by atoms with E-state index in [1.165, 1.54) is 6.42 Å². The van der Waals surface area contributed by atoms with Crippen LogP contribution in [0.3, 0.4) is 0 Å². The summed E-state index contributed by atoms with van der Waals surface area (Å²) in [6, 6.07) is 10.8. The molecule has 0 saturated carbocycles. The van der Waals surface area contributed by atoms with E-state index in [-0.39, 0.29) is 0 Å². The van der Waals surface area contributed by atoms with Gasteiger partial charge in [-0.1, -0.05) is 32.0 Å². The van der Waals surface area contributed by atoms with E-state index in [0.29, 0.717) is 12.6 Å². The zero-order valence-corrected chi connectivity index (χ0v) is 19.7. The predicted octanol–water partition coefficient (Wildman–Crippen LogP) is 4.05. The molecular weight excluding hydrogens is 372 g/mol. The monoisotopic (exact) mass is 412 g/mol. The second-order valence-corrected chi connectivity index (χ2v) is 7.88. The van der Waals surface area contributed by atoms with Crippen molar-refractivity contribution >= 4 is 5.96 Å². The minimum atomic E-state index is 0.379. The normalized spacial score (nSPS) is 13.0. The molecule has 0 bridgehead atoms. The number of aryl methyl sites for hydroxylation is 2. The molecule has 0 fully saturated rings. The first-order valence-corrected chi connectivity index (χ1v) is 11.4. The Morgan fingerprint density at radius 2 is 1.90 bits per heavy atom. The van der Waals surface area contributed by atoms with E-state index in [1.807, 2.05) is 11.6 Å². The van der Waals surface area contributed by atoms with Crippen LogP contribution in [0.2, 0.25) is 0 Å². The fourth-order valence-electron chi connectivity index (χ4n) is 3.67. The van der Waals surface area contributed by atoms with E-state index >= 15 is 0 Å². The number of rotatable bonds is 11.